The fourth-order valence-corrected chi connectivity index (χ4v) is 0.887. The van der Waals surface area contributed by atoms with Crippen molar-refractivity contribution >= 4 is 16.9 Å². The number of aromatic amines is 2. The van der Waals surface area contributed by atoms with E-state index in [1.807, 2.05) is 0 Å². The second kappa shape index (κ2) is 1.82. The molecule has 0 atom stereocenters. The molecule has 56 valence electrons. The number of fused-ring (bicyclic) bond motifs is 1. The van der Waals surface area contributed by atoms with E-state index in [0.717, 1.165) is 0 Å². The molecule has 4 N–H and O–H groups in total. The zero-order valence-corrected chi connectivity index (χ0v) is 5.46. The average Bonchev–Trinajstić information content (AvgIpc) is 2.34. The molecule has 0 fully saturated rings. The minimum Gasteiger partial charge on any atom is -0.383 e. The Morgan fingerprint density at radius 2 is 2.36 bits per heavy atom. The molecule has 6 nitrogen and oxygen atoms in total. The van der Waals surface area contributed by atoms with Crippen molar-refractivity contribution in [2.45, 2.75) is 0 Å². The van der Waals surface area contributed by atoms with Crippen LogP contribution in [-0.4, -0.2) is 20.2 Å². The zero-order valence-electron chi connectivity index (χ0n) is 5.46. The Kier molecular flexibility index (Phi) is 0.974. The summed E-state index contributed by atoms with van der Waals surface area (Å²) in [6.45, 7) is 0. The molecule has 0 unspecified atom stereocenters. The monoisotopic (exact) mass is 151 g/mol. The standard InChI is InChI=1S/C5H5N5O/c6-3-2-4(10-9-3)7-1-8-5(2)11/h1H,(H4,6,7,8,9,10,11). The lowest BCUT2D eigenvalue weighted by Crippen LogP contribution is -2.06. The summed E-state index contributed by atoms with van der Waals surface area (Å²) in [5.74, 6) is 0.245. The Bertz CT molecular complexity index is 441. The van der Waals surface area contributed by atoms with E-state index in [4.69, 9.17) is 5.73 Å². The van der Waals surface area contributed by atoms with Gasteiger partial charge in [-0.05, 0) is 0 Å². The lowest BCUT2D eigenvalue weighted by atomic mass is 10.4. The van der Waals surface area contributed by atoms with Gasteiger partial charge < -0.3 is 10.7 Å². The van der Waals surface area contributed by atoms with Gasteiger partial charge in [-0.2, -0.15) is 5.10 Å². The van der Waals surface area contributed by atoms with Crippen LogP contribution in [0.3, 0.4) is 0 Å². The molecule has 11 heavy (non-hydrogen) atoms. The molecule has 0 saturated carbocycles. The second-order valence-electron chi connectivity index (χ2n) is 2.07. The molecule has 2 aromatic rings. The first-order chi connectivity index (χ1) is 5.29. The summed E-state index contributed by atoms with van der Waals surface area (Å²) in [7, 11) is 0. The Balaban J connectivity index is 3.08. The van der Waals surface area contributed by atoms with Crippen molar-refractivity contribution < 1.29 is 0 Å². The number of nitrogens with two attached hydrogens (primary N) is 1. The predicted molar refractivity (Wildman–Crippen MR) is 38.9 cm³/mol. The van der Waals surface area contributed by atoms with Gasteiger partial charge in [0.1, 0.15) is 11.2 Å². The fraction of sp³-hybridized carbons (Fsp3) is 0. The first-order valence-electron chi connectivity index (χ1n) is 2.96. The summed E-state index contributed by atoms with van der Waals surface area (Å²) in [6.07, 6.45) is 1.28. The van der Waals surface area contributed by atoms with E-state index in [0.29, 0.717) is 11.0 Å². The van der Waals surface area contributed by atoms with Crippen molar-refractivity contribution in [2.75, 3.05) is 5.73 Å². The van der Waals surface area contributed by atoms with E-state index in [1.54, 1.807) is 0 Å². The number of nitrogens with one attached hydrogen (secondary N) is 2. The number of nitrogen functional groups attached to an aromatic ring is 1. The van der Waals surface area contributed by atoms with E-state index in [9.17, 15) is 4.79 Å². The predicted octanol–water partition coefficient (Wildman–Crippen LogP) is -0.772. The maximum absolute atomic E-state index is 11.0. The minimum absolute atomic E-state index is 0.245. The van der Waals surface area contributed by atoms with Crippen LogP contribution in [0.2, 0.25) is 0 Å². The van der Waals surface area contributed by atoms with Gasteiger partial charge in [0.25, 0.3) is 5.56 Å². The first kappa shape index (κ1) is 5.90. The van der Waals surface area contributed by atoms with Gasteiger partial charge in [0.05, 0.1) is 6.33 Å². The van der Waals surface area contributed by atoms with Crippen LogP contribution in [0.5, 0.6) is 0 Å². The van der Waals surface area contributed by atoms with Gasteiger partial charge in [0, 0.05) is 0 Å². The molecule has 2 aromatic heterocycles. The molecular formula is C5H5N5O. The highest BCUT2D eigenvalue weighted by molar-refractivity contribution is 5.84. The van der Waals surface area contributed by atoms with Crippen LogP contribution in [0.15, 0.2) is 11.1 Å². The number of rotatable bonds is 0. The summed E-state index contributed by atoms with van der Waals surface area (Å²) >= 11 is 0. The van der Waals surface area contributed by atoms with Gasteiger partial charge in [0.15, 0.2) is 5.65 Å². The Morgan fingerprint density at radius 1 is 1.55 bits per heavy atom. The van der Waals surface area contributed by atoms with Gasteiger partial charge >= 0.3 is 0 Å². The van der Waals surface area contributed by atoms with Crippen LogP contribution >= 0.6 is 0 Å². The SMILES string of the molecule is Nc1[nH]nc2nc[nH]c(=O)c12. The Hall–Kier alpha value is -1.85. The van der Waals surface area contributed by atoms with Crippen LogP contribution in [0, 0.1) is 0 Å². The van der Waals surface area contributed by atoms with Crippen molar-refractivity contribution in [3.8, 4) is 0 Å². The van der Waals surface area contributed by atoms with E-state index < -0.39 is 0 Å². The van der Waals surface area contributed by atoms with Gasteiger partial charge in [-0.25, -0.2) is 4.98 Å². The fourth-order valence-electron chi connectivity index (χ4n) is 0.887. The summed E-state index contributed by atoms with van der Waals surface area (Å²) < 4.78 is 0. The second-order valence-corrected chi connectivity index (χ2v) is 2.07. The highest BCUT2D eigenvalue weighted by Gasteiger charge is 2.05. The number of hydrogen-bond acceptors (Lipinski definition) is 4. The third-order valence-corrected chi connectivity index (χ3v) is 1.38. The zero-order chi connectivity index (χ0) is 7.84. The molecule has 0 aliphatic carbocycles. The van der Waals surface area contributed by atoms with Crippen LogP contribution in [-0.2, 0) is 0 Å². The molecule has 2 rings (SSSR count). The topological polar surface area (TPSA) is 100 Å². The van der Waals surface area contributed by atoms with Crippen molar-refractivity contribution in [1.82, 2.24) is 20.2 Å². The minimum atomic E-state index is -0.277. The quantitative estimate of drug-likeness (QED) is 0.460. The van der Waals surface area contributed by atoms with Crippen LogP contribution in [0.1, 0.15) is 0 Å². The van der Waals surface area contributed by atoms with Crippen molar-refractivity contribution in [1.29, 1.82) is 0 Å². The van der Waals surface area contributed by atoms with E-state index >= 15 is 0 Å². The third-order valence-electron chi connectivity index (χ3n) is 1.38. The van der Waals surface area contributed by atoms with Crippen molar-refractivity contribution in [3.05, 3.63) is 16.7 Å². The number of anilines is 1. The Morgan fingerprint density at radius 3 is 3.09 bits per heavy atom. The molecule has 0 amide bonds. The van der Waals surface area contributed by atoms with Crippen LogP contribution in [0.25, 0.3) is 11.0 Å². The summed E-state index contributed by atoms with van der Waals surface area (Å²) in [4.78, 5) is 17.2. The van der Waals surface area contributed by atoms with Crippen molar-refractivity contribution in [2.24, 2.45) is 0 Å². The highest BCUT2D eigenvalue weighted by atomic mass is 16.1. The average molecular weight is 151 g/mol. The van der Waals surface area contributed by atoms with Gasteiger partial charge in [-0.1, -0.05) is 0 Å². The summed E-state index contributed by atoms with van der Waals surface area (Å²) in [6, 6.07) is 0. The van der Waals surface area contributed by atoms with Gasteiger partial charge in [0.2, 0.25) is 0 Å². The van der Waals surface area contributed by atoms with Gasteiger partial charge in [-0.15, -0.1) is 0 Å². The van der Waals surface area contributed by atoms with E-state index in [2.05, 4.69) is 20.2 Å². The molecule has 0 spiro atoms. The third kappa shape index (κ3) is 0.689. The van der Waals surface area contributed by atoms with Gasteiger partial charge in [-0.3, -0.25) is 9.89 Å². The summed E-state index contributed by atoms with van der Waals surface area (Å²) in [5.41, 5.74) is 5.46. The molecule has 0 aliphatic heterocycles. The molecule has 0 radical (unpaired) electrons. The molecule has 2 heterocycles. The lowest BCUT2D eigenvalue weighted by molar-refractivity contribution is 1.09. The number of H-pyrrole nitrogens is 2. The Labute approximate surface area is 60.5 Å². The largest absolute Gasteiger partial charge is 0.383 e. The molecule has 0 aliphatic rings. The van der Waals surface area contributed by atoms with E-state index in [1.165, 1.54) is 6.33 Å². The number of nitrogens with zero attached hydrogens (tertiary/aromatic N) is 2. The maximum atomic E-state index is 11.0. The van der Waals surface area contributed by atoms with Crippen molar-refractivity contribution in [3.63, 3.8) is 0 Å². The molecule has 0 aromatic carbocycles. The molecule has 0 saturated heterocycles. The number of hydrogen-bond donors (Lipinski definition) is 3. The van der Waals surface area contributed by atoms with E-state index in [-0.39, 0.29) is 11.4 Å². The van der Waals surface area contributed by atoms with Crippen LogP contribution in [0.4, 0.5) is 5.82 Å². The number of aromatic nitrogens is 4. The first-order valence-corrected chi connectivity index (χ1v) is 2.96. The molecule has 0 bridgehead atoms. The van der Waals surface area contributed by atoms with Crippen LogP contribution < -0.4 is 11.3 Å². The summed E-state index contributed by atoms with van der Waals surface area (Å²) in [5, 5.41) is 6.47. The highest BCUT2D eigenvalue weighted by Crippen LogP contribution is 2.07. The smallest absolute Gasteiger partial charge is 0.264 e. The molecular weight excluding hydrogens is 146 g/mol. The molecule has 6 heteroatoms. The normalized spacial score (nSPS) is 10.5. The maximum Gasteiger partial charge on any atom is 0.264 e. The lowest BCUT2D eigenvalue weighted by Gasteiger charge is -1.84.